The van der Waals surface area contributed by atoms with Crippen LogP contribution in [0.25, 0.3) is 10.2 Å². The van der Waals surface area contributed by atoms with Crippen molar-refractivity contribution >= 4 is 27.3 Å². The lowest BCUT2D eigenvalue weighted by atomic mass is 10.1. The molecule has 0 spiro atoms. The van der Waals surface area contributed by atoms with Gasteiger partial charge in [0.05, 0.1) is 25.2 Å². The number of ether oxygens (including phenoxy) is 2. The molecule has 7 heteroatoms. The van der Waals surface area contributed by atoms with Gasteiger partial charge in [0, 0.05) is 43.5 Å². The van der Waals surface area contributed by atoms with E-state index in [0.29, 0.717) is 0 Å². The van der Waals surface area contributed by atoms with Crippen LogP contribution in [0.15, 0.2) is 36.2 Å². The highest BCUT2D eigenvalue weighted by molar-refractivity contribution is 7.20. The molecule has 0 radical (unpaired) electrons. The Labute approximate surface area is 163 Å². The van der Waals surface area contributed by atoms with Crippen LogP contribution in [-0.4, -0.2) is 61.2 Å². The minimum Gasteiger partial charge on any atom is -0.495 e. The van der Waals surface area contributed by atoms with Gasteiger partial charge in [-0.15, -0.1) is 11.3 Å². The molecule has 0 amide bonds. The summed E-state index contributed by atoms with van der Waals surface area (Å²) in [5.74, 6) is 0.816. The fourth-order valence-electron chi connectivity index (χ4n) is 3.55. The maximum absolute atomic E-state index is 12.9. The molecular formula is C20H25N3O3S. The number of rotatable bonds is 6. The molecule has 144 valence electrons. The summed E-state index contributed by atoms with van der Waals surface area (Å²) in [5, 5.41) is 4.26. The summed E-state index contributed by atoms with van der Waals surface area (Å²) >= 11 is 1.58. The molecule has 2 aliphatic heterocycles. The zero-order chi connectivity index (χ0) is 18.8. The van der Waals surface area contributed by atoms with Crippen LogP contribution in [0, 0.1) is 6.92 Å². The van der Waals surface area contributed by atoms with Gasteiger partial charge in [-0.3, -0.25) is 9.69 Å². The minimum absolute atomic E-state index is 0.0937. The van der Waals surface area contributed by atoms with Crippen molar-refractivity contribution in [3.05, 3.63) is 46.8 Å². The summed E-state index contributed by atoms with van der Waals surface area (Å²) in [4.78, 5) is 17.3. The Morgan fingerprint density at radius 2 is 2.15 bits per heavy atom. The number of dihydropyridines is 1. The molecule has 0 aliphatic carbocycles. The van der Waals surface area contributed by atoms with E-state index in [1.165, 1.54) is 10.5 Å². The molecular weight excluding hydrogens is 362 g/mol. The number of Topliss-reactive ketones (excluding diaryl/α,β-unsaturated/α-hetero) is 1. The van der Waals surface area contributed by atoms with Crippen LogP contribution in [0.3, 0.4) is 0 Å². The molecule has 2 aliphatic rings. The molecule has 1 fully saturated rings. The first-order chi connectivity index (χ1) is 13.2. The third-order valence-electron chi connectivity index (χ3n) is 5.14. The number of hydrogen-bond acceptors (Lipinski definition) is 6. The fourth-order valence-corrected chi connectivity index (χ4v) is 4.75. The molecule has 1 unspecified atom stereocenters. The normalized spacial score (nSPS) is 20.5. The van der Waals surface area contributed by atoms with Gasteiger partial charge in [0.2, 0.25) is 0 Å². The quantitative estimate of drug-likeness (QED) is 0.772. The summed E-state index contributed by atoms with van der Waals surface area (Å²) in [6.07, 6.45) is 5.42. The van der Waals surface area contributed by atoms with Crippen molar-refractivity contribution in [1.29, 1.82) is 0 Å². The Kier molecular flexibility index (Phi) is 5.33. The molecule has 0 aromatic carbocycles. The number of ketones is 1. The summed E-state index contributed by atoms with van der Waals surface area (Å²) in [6, 6.07) is 3.86. The molecule has 1 saturated heterocycles. The molecule has 6 nitrogen and oxygen atoms in total. The maximum atomic E-state index is 12.9. The van der Waals surface area contributed by atoms with Gasteiger partial charge in [0.1, 0.15) is 16.6 Å². The van der Waals surface area contributed by atoms with E-state index in [0.717, 1.165) is 55.4 Å². The fraction of sp³-hybridized carbons (Fsp3) is 0.450. The Balaban J connectivity index is 1.49. The van der Waals surface area contributed by atoms with Gasteiger partial charge in [-0.1, -0.05) is 6.08 Å². The van der Waals surface area contributed by atoms with Crippen LogP contribution in [0.1, 0.15) is 15.4 Å². The molecule has 4 rings (SSSR count). The highest BCUT2D eigenvalue weighted by atomic mass is 32.1. The number of carbonyl (C=O) groups is 1. The van der Waals surface area contributed by atoms with Gasteiger partial charge in [-0.2, -0.15) is 0 Å². The molecule has 0 bridgehead atoms. The third-order valence-corrected chi connectivity index (χ3v) is 6.33. The first kappa shape index (κ1) is 18.3. The van der Waals surface area contributed by atoms with Gasteiger partial charge in [0.25, 0.3) is 0 Å². The van der Waals surface area contributed by atoms with Crippen molar-refractivity contribution in [3.63, 3.8) is 0 Å². The Hall–Kier alpha value is -2.09. The monoisotopic (exact) mass is 387 g/mol. The van der Waals surface area contributed by atoms with Crippen molar-refractivity contribution in [1.82, 2.24) is 14.8 Å². The topological polar surface area (TPSA) is 55.7 Å². The second kappa shape index (κ2) is 7.88. The zero-order valence-corrected chi connectivity index (χ0v) is 16.6. The average Bonchev–Trinajstić information content (AvgIpc) is 3.24. The number of aromatic nitrogens is 1. The lowest BCUT2D eigenvalue weighted by molar-refractivity contribution is 0.0365. The zero-order valence-electron chi connectivity index (χ0n) is 15.7. The van der Waals surface area contributed by atoms with Crippen molar-refractivity contribution in [3.8, 4) is 0 Å². The average molecular weight is 388 g/mol. The first-order valence-corrected chi connectivity index (χ1v) is 10.1. The Morgan fingerprint density at radius 1 is 1.33 bits per heavy atom. The number of carbonyl (C=O) groups excluding carboxylic acids is 1. The molecule has 0 saturated carbocycles. The van der Waals surface area contributed by atoms with E-state index in [-0.39, 0.29) is 11.8 Å². The van der Waals surface area contributed by atoms with E-state index < -0.39 is 0 Å². The van der Waals surface area contributed by atoms with Crippen molar-refractivity contribution in [2.45, 2.75) is 19.5 Å². The highest BCUT2D eigenvalue weighted by Gasteiger charge is 2.22. The predicted molar refractivity (Wildman–Crippen MR) is 107 cm³/mol. The van der Waals surface area contributed by atoms with Crippen LogP contribution in [-0.2, 0) is 16.0 Å². The maximum Gasteiger partial charge on any atom is 0.198 e. The van der Waals surface area contributed by atoms with Crippen LogP contribution in [0.5, 0.6) is 0 Å². The lowest BCUT2D eigenvalue weighted by Crippen LogP contribution is -2.38. The van der Waals surface area contributed by atoms with Gasteiger partial charge in [-0.05, 0) is 25.1 Å². The number of nitrogens with zero attached hydrogens (tertiary/aromatic N) is 2. The van der Waals surface area contributed by atoms with E-state index in [1.807, 2.05) is 18.2 Å². The number of morpholine rings is 1. The summed E-state index contributed by atoms with van der Waals surface area (Å²) < 4.78 is 12.9. The summed E-state index contributed by atoms with van der Waals surface area (Å²) in [5.41, 5.74) is 1.24. The lowest BCUT2D eigenvalue weighted by Gasteiger charge is -2.26. The van der Waals surface area contributed by atoms with Gasteiger partial charge in [0.15, 0.2) is 5.78 Å². The van der Waals surface area contributed by atoms with Gasteiger partial charge < -0.3 is 19.4 Å². The number of aryl methyl sites for hydroxylation is 1. The molecule has 4 heterocycles. The molecule has 2 aromatic heterocycles. The minimum atomic E-state index is -0.338. The van der Waals surface area contributed by atoms with Crippen molar-refractivity contribution < 1.29 is 14.3 Å². The molecule has 2 aromatic rings. The summed E-state index contributed by atoms with van der Waals surface area (Å²) in [6.45, 7) is 7.70. The van der Waals surface area contributed by atoms with E-state index >= 15 is 0 Å². The van der Waals surface area contributed by atoms with Crippen LogP contribution in [0.2, 0.25) is 0 Å². The number of hydrogen-bond donors (Lipinski definition) is 1. The smallest absolute Gasteiger partial charge is 0.198 e. The number of allylic oxidation sites excluding steroid dienone is 1. The number of nitrogens with one attached hydrogen (secondary N) is 1. The highest BCUT2D eigenvalue weighted by Crippen LogP contribution is 2.30. The van der Waals surface area contributed by atoms with Crippen LogP contribution >= 0.6 is 11.3 Å². The van der Waals surface area contributed by atoms with Gasteiger partial charge in [-0.25, -0.2) is 0 Å². The van der Waals surface area contributed by atoms with Crippen molar-refractivity contribution in [2.24, 2.45) is 0 Å². The van der Waals surface area contributed by atoms with E-state index in [1.54, 1.807) is 24.6 Å². The summed E-state index contributed by atoms with van der Waals surface area (Å²) in [7, 11) is 1.62. The third kappa shape index (κ3) is 3.81. The largest absolute Gasteiger partial charge is 0.495 e. The van der Waals surface area contributed by atoms with E-state index in [4.69, 9.17) is 9.47 Å². The van der Waals surface area contributed by atoms with Crippen LogP contribution < -0.4 is 5.32 Å². The molecule has 27 heavy (non-hydrogen) atoms. The van der Waals surface area contributed by atoms with Crippen LogP contribution in [0.4, 0.5) is 0 Å². The van der Waals surface area contributed by atoms with E-state index in [9.17, 15) is 4.79 Å². The molecule has 1 N–H and O–H groups in total. The second-order valence-corrected chi connectivity index (χ2v) is 7.91. The molecule has 1 atom stereocenters. The number of thiophene rings is 1. The second-order valence-electron chi connectivity index (χ2n) is 6.88. The standard InChI is InChI=1S/C20H25N3O3S/c1-14-11-15-12-18(19(24)17-4-3-16(25-2)13-21-17)27-20(15)23(14)6-5-22-7-9-26-10-8-22/h3-4,11-13,17,21H,5-10H2,1-2H3. The SMILES string of the molecule is COC1=CNC(C(=O)c2cc3cc(C)n(CCN4CCOCC4)c3s2)C=C1. The van der Waals surface area contributed by atoms with Crippen molar-refractivity contribution in [2.75, 3.05) is 40.0 Å². The van der Waals surface area contributed by atoms with Gasteiger partial charge >= 0.3 is 0 Å². The van der Waals surface area contributed by atoms with E-state index in [2.05, 4.69) is 27.8 Å². The number of fused-ring (bicyclic) bond motifs is 1. The Morgan fingerprint density at radius 3 is 2.85 bits per heavy atom. The Bertz CT molecular complexity index is 890. The predicted octanol–water partition coefficient (Wildman–Crippen LogP) is 2.54. The number of methoxy groups -OCH3 is 1. The first-order valence-electron chi connectivity index (χ1n) is 9.28.